The number of halogens is 3. The normalized spacial score (nSPS) is 12.2. The number of ether oxygens (including phenoxy) is 1. The minimum atomic E-state index is -4.56. The first-order valence-corrected chi connectivity index (χ1v) is 10.2. The predicted octanol–water partition coefficient (Wildman–Crippen LogP) is 4.90. The summed E-state index contributed by atoms with van der Waals surface area (Å²) in [6, 6.07) is 19.5. The van der Waals surface area contributed by atoms with Gasteiger partial charge in [-0.15, -0.1) is 0 Å². The number of esters is 1. The van der Waals surface area contributed by atoms with Crippen LogP contribution in [0.1, 0.15) is 39.1 Å². The van der Waals surface area contributed by atoms with Gasteiger partial charge in [0.05, 0.1) is 16.9 Å². The Hall–Kier alpha value is -4.27. The van der Waals surface area contributed by atoms with Crippen LogP contribution in [0.15, 0.2) is 89.9 Å². The number of aromatic nitrogens is 3. The number of carbonyl (C=O) groups excluding carboxylic acids is 1. The van der Waals surface area contributed by atoms with E-state index in [4.69, 9.17) is 4.74 Å². The molecule has 1 atom stereocenters. The highest BCUT2D eigenvalue weighted by Gasteiger charge is 2.31. The maximum atomic E-state index is 13.2. The Balaban J connectivity index is 1.73. The fraction of sp³-hybridized carbons (Fsp3) is 0.120. The highest BCUT2D eigenvalue weighted by molar-refractivity contribution is 5.87. The Morgan fingerprint density at radius 2 is 1.71 bits per heavy atom. The second-order valence-electron chi connectivity index (χ2n) is 7.41. The van der Waals surface area contributed by atoms with Gasteiger partial charge in [0.25, 0.3) is 0 Å². The number of pyridine rings is 1. The summed E-state index contributed by atoms with van der Waals surface area (Å²) in [5.41, 5.74) is -0.782. The van der Waals surface area contributed by atoms with Crippen molar-refractivity contribution in [2.75, 3.05) is 0 Å². The summed E-state index contributed by atoms with van der Waals surface area (Å²) >= 11 is 0. The Kier molecular flexibility index (Phi) is 6.27. The number of hydrogen-bond donors (Lipinski definition) is 0. The van der Waals surface area contributed by atoms with Gasteiger partial charge in [-0.2, -0.15) is 18.3 Å². The van der Waals surface area contributed by atoms with Crippen LogP contribution in [0.25, 0.3) is 5.69 Å². The molecule has 9 heteroatoms. The Morgan fingerprint density at radius 3 is 2.38 bits per heavy atom. The average Bonchev–Trinajstić information content (AvgIpc) is 2.83. The lowest BCUT2D eigenvalue weighted by molar-refractivity contribution is -0.137. The third-order valence-electron chi connectivity index (χ3n) is 5.00. The zero-order valence-electron chi connectivity index (χ0n) is 17.9. The molecule has 2 heterocycles. The second kappa shape index (κ2) is 9.30. The van der Waals surface area contributed by atoms with Gasteiger partial charge in [0, 0.05) is 18.0 Å². The molecule has 6 nitrogen and oxygen atoms in total. The molecule has 0 N–H and O–H groups in total. The maximum Gasteiger partial charge on any atom is 0.416 e. The highest BCUT2D eigenvalue weighted by atomic mass is 19.4. The van der Waals surface area contributed by atoms with Crippen LogP contribution in [-0.4, -0.2) is 20.7 Å². The van der Waals surface area contributed by atoms with Gasteiger partial charge in [-0.1, -0.05) is 42.5 Å². The lowest BCUT2D eigenvalue weighted by atomic mass is 10.1. The molecule has 0 aliphatic rings. The van der Waals surface area contributed by atoms with Gasteiger partial charge in [-0.3, -0.25) is 9.78 Å². The molecular formula is C25H18F3N3O3. The molecule has 4 aromatic rings. The highest BCUT2D eigenvalue weighted by Crippen LogP contribution is 2.30. The third-order valence-corrected chi connectivity index (χ3v) is 5.00. The van der Waals surface area contributed by atoms with Gasteiger partial charge in [0.1, 0.15) is 0 Å². The van der Waals surface area contributed by atoms with E-state index in [0.29, 0.717) is 11.3 Å². The van der Waals surface area contributed by atoms with Crippen LogP contribution < -0.4 is 5.43 Å². The molecule has 0 saturated carbocycles. The van der Waals surface area contributed by atoms with E-state index >= 15 is 0 Å². The van der Waals surface area contributed by atoms with Crippen LogP contribution >= 0.6 is 0 Å². The largest absolute Gasteiger partial charge is 0.446 e. The molecular weight excluding hydrogens is 447 g/mol. The molecule has 0 aliphatic carbocycles. The monoisotopic (exact) mass is 465 g/mol. The van der Waals surface area contributed by atoms with Gasteiger partial charge in [-0.25, -0.2) is 9.48 Å². The number of aryl methyl sites for hydroxylation is 1. The first-order valence-electron chi connectivity index (χ1n) is 10.2. The molecule has 0 saturated heterocycles. The van der Waals surface area contributed by atoms with Gasteiger partial charge in [0.15, 0.2) is 6.10 Å². The zero-order chi connectivity index (χ0) is 24.3. The van der Waals surface area contributed by atoms with E-state index in [-0.39, 0.29) is 11.4 Å². The predicted molar refractivity (Wildman–Crippen MR) is 118 cm³/mol. The van der Waals surface area contributed by atoms with Crippen molar-refractivity contribution in [2.45, 2.75) is 19.2 Å². The van der Waals surface area contributed by atoms with Crippen LogP contribution in [0.5, 0.6) is 0 Å². The molecule has 34 heavy (non-hydrogen) atoms. The Bertz CT molecular complexity index is 1330. The third kappa shape index (κ3) is 4.88. The lowest BCUT2D eigenvalue weighted by Gasteiger charge is -2.18. The summed E-state index contributed by atoms with van der Waals surface area (Å²) in [6.45, 7) is 1.50. The molecule has 0 aliphatic heterocycles. The number of rotatable bonds is 5. The summed E-state index contributed by atoms with van der Waals surface area (Å²) in [7, 11) is 0. The fourth-order valence-corrected chi connectivity index (χ4v) is 3.39. The van der Waals surface area contributed by atoms with Crippen LogP contribution in [-0.2, 0) is 10.9 Å². The summed E-state index contributed by atoms with van der Waals surface area (Å²) in [5, 5.41) is 4.05. The van der Waals surface area contributed by atoms with Gasteiger partial charge < -0.3 is 4.74 Å². The van der Waals surface area contributed by atoms with Gasteiger partial charge >= 0.3 is 12.1 Å². The Labute approximate surface area is 192 Å². The van der Waals surface area contributed by atoms with E-state index < -0.39 is 34.9 Å². The minimum absolute atomic E-state index is 0.0470. The van der Waals surface area contributed by atoms with Crippen molar-refractivity contribution in [3.63, 3.8) is 0 Å². The molecule has 1 unspecified atom stereocenters. The number of nitrogens with zero attached hydrogens (tertiary/aromatic N) is 3. The van der Waals surface area contributed by atoms with Crippen LogP contribution in [0, 0.1) is 6.92 Å². The molecule has 0 spiro atoms. The SMILES string of the molecule is Cc1cc(=O)c(C(=O)OC(c2ccccc2)c2ccccn2)nn1-c1cccc(C(F)(F)F)c1. The van der Waals surface area contributed by atoms with E-state index in [1.165, 1.54) is 19.1 Å². The number of hydrogen-bond acceptors (Lipinski definition) is 5. The second-order valence-corrected chi connectivity index (χ2v) is 7.41. The first kappa shape index (κ1) is 22.9. The van der Waals surface area contributed by atoms with Crippen LogP contribution in [0.2, 0.25) is 0 Å². The number of benzene rings is 2. The van der Waals surface area contributed by atoms with Crippen molar-refractivity contribution in [2.24, 2.45) is 0 Å². The van der Waals surface area contributed by atoms with Crippen molar-refractivity contribution in [3.8, 4) is 5.69 Å². The lowest BCUT2D eigenvalue weighted by Crippen LogP contribution is -2.26. The molecule has 4 rings (SSSR count). The summed E-state index contributed by atoms with van der Waals surface area (Å²) < 4.78 is 46.2. The summed E-state index contributed by atoms with van der Waals surface area (Å²) in [6.07, 6.45) is -3.93. The molecule has 0 fully saturated rings. The summed E-state index contributed by atoms with van der Waals surface area (Å²) in [5.74, 6) is -1.02. The van der Waals surface area contributed by atoms with E-state index in [1.54, 1.807) is 54.7 Å². The molecule has 0 amide bonds. The number of carbonyl (C=O) groups is 1. The van der Waals surface area contributed by atoms with E-state index in [9.17, 15) is 22.8 Å². The van der Waals surface area contributed by atoms with Crippen molar-refractivity contribution >= 4 is 5.97 Å². The first-order chi connectivity index (χ1) is 16.2. The topological polar surface area (TPSA) is 74.1 Å². The molecule has 0 radical (unpaired) electrons. The Morgan fingerprint density at radius 1 is 0.971 bits per heavy atom. The van der Waals surface area contributed by atoms with Crippen molar-refractivity contribution in [3.05, 3.63) is 123 Å². The van der Waals surface area contributed by atoms with Crippen LogP contribution in [0.4, 0.5) is 13.2 Å². The quantitative estimate of drug-likeness (QED) is 0.392. The van der Waals surface area contributed by atoms with Gasteiger partial charge in [0.2, 0.25) is 11.1 Å². The van der Waals surface area contributed by atoms with Crippen molar-refractivity contribution in [1.29, 1.82) is 0 Å². The van der Waals surface area contributed by atoms with Crippen molar-refractivity contribution < 1.29 is 22.7 Å². The molecule has 2 aromatic heterocycles. The smallest absolute Gasteiger partial charge is 0.416 e. The summed E-state index contributed by atoms with van der Waals surface area (Å²) in [4.78, 5) is 29.9. The van der Waals surface area contributed by atoms with E-state index in [1.807, 2.05) is 0 Å². The van der Waals surface area contributed by atoms with Gasteiger partial charge in [-0.05, 0) is 42.8 Å². The zero-order valence-corrected chi connectivity index (χ0v) is 17.9. The van der Waals surface area contributed by atoms with Crippen molar-refractivity contribution in [1.82, 2.24) is 14.8 Å². The fourth-order valence-electron chi connectivity index (χ4n) is 3.39. The van der Waals surface area contributed by atoms with Crippen LogP contribution in [0.3, 0.4) is 0 Å². The van der Waals surface area contributed by atoms with E-state index in [0.717, 1.165) is 22.9 Å². The van der Waals surface area contributed by atoms with E-state index in [2.05, 4.69) is 10.1 Å². The molecule has 172 valence electrons. The molecule has 2 aromatic carbocycles. The molecule has 0 bridgehead atoms. The standard InChI is InChI=1S/C25H18F3N3O3/c1-16-14-21(32)22(30-31(16)19-11-7-10-18(15-19)25(26,27)28)24(33)34-23(17-8-3-2-4-9-17)20-12-5-6-13-29-20/h2-15,23H,1H3. The number of alkyl halides is 3. The average molecular weight is 465 g/mol. The minimum Gasteiger partial charge on any atom is -0.446 e. The maximum absolute atomic E-state index is 13.2.